The van der Waals surface area contributed by atoms with Gasteiger partial charge in [0.1, 0.15) is 5.58 Å². The van der Waals surface area contributed by atoms with Crippen LogP contribution in [0.4, 0.5) is 0 Å². The smallest absolute Gasteiger partial charge is 0.289 e. The molecule has 3 aliphatic heterocycles. The van der Waals surface area contributed by atoms with E-state index in [1.165, 1.54) is 0 Å². The summed E-state index contributed by atoms with van der Waals surface area (Å²) in [4.78, 5) is 17.2. The average molecular weight is 270 g/mol. The molecule has 0 saturated carbocycles. The molecule has 4 nitrogen and oxygen atoms in total. The van der Waals surface area contributed by atoms with Crippen LogP contribution in [0.3, 0.4) is 0 Å². The number of carbonyl (C=O) groups excluding carboxylic acids is 1. The Bertz CT molecular complexity index is 608. The van der Waals surface area contributed by atoms with Crippen molar-refractivity contribution in [1.82, 2.24) is 9.80 Å². The SMILES string of the molecule is O=C(c1cc2ccccc2o1)N1CCN2CCC1CC2. The summed E-state index contributed by atoms with van der Waals surface area (Å²) < 4.78 is 5.73. The van der Waals surface area contributed by atoms with Crippen molar-refractivity contribution in [2.24, 2.45) is 0 Å². The molecule has 104 valence electrons. The van der Waals surface area contributed by atoms with Crippen LogP contribution in [0, 0.1) is 0 Å². The Labute approximate surface area is 117 Å². The Morgan fingerprint density at radius 3 is 2.70 bits per heavy atom. The molecule has 3 fully saturated rings. The van der Waals surface area contributed by atoms with Crippen molar-refractivity contribution >= 4 is 16.9 Å². The number of benzene rings is 1. The number of para-hydroxylation sites is 1. The number of hydrogen-bond acceptors (Lipinski definition) is 3. The van der Waals surface area contributed by atoms with Gasteiger partial charge in [0.15, 0.2) is 5.76 Å². The monoisotopic (exact) mass is 270 g/mol. The zero-order chi connectivity index (χ0) is 13.5. The van der Waals surface area contributed by atoms with Crippen molar-refractivity contribution in [1.29, 1.82) is 0 Å². The van der Waals surface area contributed by atoms with Crippen molar-refractivity contribution in [2.75, 3.05) is 26.2 Å². The first-order chi connectivity index (χ1) is 9.81. The van der Waals surface area contributed by atoms with Gasteiger partial charge in [0.05, 0.1) is 0 Å². The second-order valence-corrected chi connectivity index (χ2v) is 5.72. The highest BCUT2D eigenvalue weighted by Crippen LogP contribution is 2.25. The van der Waals surface area contributed by atoms with E-state index in [0.717, 1.165) is 50.0 Å². The Hall–Kier alpha value is -1.81. The minimum atomic E-state index is 0.0509. The first kappa shape index (κ1) is 12.0. The van der Waals surface area contributed by atoms with Gasteiger partial charge in [-0.3, -0.25) is 4.79 Å². The Kier molecular flexibility index (Phi) is 2.77. The molecule has 4 heteroatoms. The summed E-state index contributed by atoms with van der Waals surface area (Å²) >= 11 is 0. The second kappa shape index (κ2) is 4.63. The van der Waals surface area contributed by atoms with E-state index in [1.54, 1.807) is 0 Å². The largest absolute Gasteiger partial charge is 0.451 e. The van der Waals surface area contributed by atoms with Gasteiger partial charge < -0.3 is 14.2 Å². The van der Waals surface area contributed by atoms with Crippen LogP contribution in [0.15, 0.2) is 34.7 Å². The molecular weight excluding hydrogens is 252 g/mol. The maximum Gasteiger partial charge on any atom is 0.289 e. The molecular formula is C16H18N2O2. The van der Waals surface area contributed by atoms with Crippen molar-refractivity contribution < 1.29 is 9.21 Å². The van der Waals surface area contributed by atoms with E-state index in [0.29, 0.717) is 11.8 Å². The number of fused-ring (bicyclic) bond motifs is 5. The van der Waals surface area contributed by atoms with Gasteiger partial charge in [-0.05, 0) is 25.0 Å². The van der Waals surface area contributed by atoms with Crippen molar-refractivity contribution in [3.63, 3.8) is 0 Å². The number of nitrogens with zero attached hydrogens (tertiary/aromatic N) is 2. The normalized spacial score (nSPS) is 25.9. The molecule has 1 amide bonds. The lowest BCUT2D eigenvalue weighted by molar-refractivity contribution is 0.0655. The van der Waals surface area contributed by atoms with Gasteiger partial charge in [0.2, 0.25) is 0 Å². The fraction of sp³-hybridized carbons (Fsp3) is 0.438. The number of carbonyl (C=O) groups is 1. The van der Waals surface area contributed by atoms with Gasteiger partial charge >= 0.3 is 0 Å². The zero-order valence-corrected chi connectivity index (χ0v) is 11.4. The number of furan rings is 1. The zero-order valence-electron chi connectivity index (χ0n) is 11.4. The summed E-state index contributed by atoms with van der Waals surface area (Å²) in [6.45, 7) is 4.05. The van der Waals surface area contributed by atoms with Crippen molar-refractivity contribution in [3.8, 4) is 0 Å². The van der Waals surface area contributed by atoms with Crippen LogP contribution in [0.5, 0.6) is 0 Å². The first-order valence-electron chi connectivity index (χ1n) is 7.33. The third kappa shape index (κ3) is 1.91. The molecule has 0 atom stereocenters. The van der Waals surface area contributed by atoms with Crippen LogP contribution in [0.25, 0.3) is 11.0 Å². The molecule has 1 aromatic carbocycles. The summed E-state index contributed by atoms with van der Waals surface area (Å²) in [5.41, 5.74) is 0.790. The predicted octanol–water partition coefficient (Wildman–Crippen LogP) is 2.35. The fourth-order valence-corrected chi connectivity index (χ4v) is 3.38. The van der Waals surface area contributed by atoms with Crippen molar-refractivity contribution in [3.05, 3.63) is 36.1 Å². The van der Waals surface area contributed by atoms with E-state index in [2.05, 4.69) is 4.90 Å². The number of amides is 1. The molecule has 2 aromatic rings. The molecule has 20 heavy (non-hydrogen) atoms. The van der Waals surface area contributed by atoms with Gasteiger partial charge in [-0.25, -0.2) is 0 Å². The molecule has 3 saturated heterocycles. The molecule has 0 radical (unpaired) electrons. The summed E-state index contributed by atoms with van der Waals surface area (Å²) in [6, 6.07) is 10.0. The van der Waals surface area contributed by atoms with Crippen LogP contribution in [-0.4, -0.2) is 47.9 Å². The van der Waals surface area contributed by atoms with Crippen molar-refractivity contribution in [2.45, 2.75) is 18.9 Å². The van der Waals surface area contributed by atoms with Crippen LogP contribution < -0.4 is 0 Å². The molecule has 2 bridgehead atoms. The van der Waals surface area contributed by atoms with Gasteiger partial charge in [0, 0.05) is 37.6 Å². The van der Waals surface area contributed by atoms with E-state index in [-0.39, 0.29) is 5.91 Å². The quantitative estimate of drug-likeness (QED) is 0.798. The van der Waals surface area contributed by atoms with E-state index < -0.39 is 0 Å². The number of hydrogen-bond donors (Lipinski definition) is 0. The summed E-state index contributed by atoms with van der Waals surface area (Å²) in [6.07, 6.45) is 2.18. The van der Waals surface area contributed by atoms with Gasteiger partial charge in [0.25, 0.3) is 5.91 Å². The van der Waals surface area contributed by atoms with Crippen LogP contribution in [0.2, 0.25) is 0 Å². The Morgan fingerprint density at radius 1 is 1.10 bits per heavy atom. The lowest BCUT2D eigenvalue weighted by Crippen LogP contribution is -2.41. The van der Waals surface area contributed by atoms with Gasteiger partial charge in [-0.1, -0.05) is 18.2 Å². The lowest BCUT2D eigenvalue weighted by atomic mass is 10.1. The molecule has 0 unspecified atom stereocenters. The highest BCUT2D eigenvalue weighted by molar-refractivity contribution is 5.96. The summed E-state index contributed by atoms with van der Waals surface area (Å²) in [5, 5.41) is 0.999. The maximum atomic E-state index is 12.7. The van der Waals surface area contributed by atoms with Gasteiger partial charge in [-0.15, -0.1) is 0 Å². The minimum absolute atomic E-state index is 0.0509. The fourth-order valence-electron chi connectivity index (χ4n) is 3.38. The molecule has 4 heterocycles. The van der Waals surface area contributed by atoms with E-state index in [9.17, 15) is 4.79 Å². The number of rotatable bonds is 1. The van der Waals surface area contributed by atoms with E-state index in [1.807, 2.05) is 35.2 Å². The molecule has 0 spiro atoms. The highest BCUT2D eigenvalue weighted by Gasteiger charge is 2.33. The highest BCUT2D eigenvalue weighted by atomic mass is 16.3. The molecule has 3 aliphatic rings. The van der Waals surface area contributed by atoms with E-state index >= 15 is 0 Å². The van der Waals surface area contributed by atoms with Crippen LogP contribution in [-0.2, 0) is 0 Å². The predicted molar refractivity (Wildman–Crippen MR) is 76.7 cm³/mol. The Morgan fingerprint density at radius 2 is 1.90 bits per heavy atom. The molecule has 5 rings (SSSR count). The minimum Gasteiger partial charge on any atom is -0.451 e. The number of piperidine rings is 1. The van der Waals surface area contributed by atoms with E-state index in [4.69, 9.17) is 4.42 Å². The standard InChI is InChI=1S/C16H18N2O2/c19-16(15-11-12-3-1-2-4-14(12)20-15)18-10-9-17-7-5-13(18)6-8-17/h1-4,11,13H,5-10H2. The average Bonchev–Trinajstić information content (AvgIpc) is 2.70. The van der Waals surface area contributed by atoms with Gasteiger partial charge in [-0.2, -0.15) is 0 Å². The molecule has 1 aromatic heterocycles. The summed E-state index contributed by atoms with van der Waals surface area (Å²) in [5.74, 6) is 0.529. The van der Waals surface area contributed by atoms with Crippen LogP contribution >= 0.6 is 0 Å². The lowest BCUT2D eigenvalue weighted by Gasteiger charge is -2.30. The van der Waals surface area contributed by atoms with Crippen LogP contribution in [0.1, 0.15) is 23.4 Å². The third-order valence-electron chi connectivity index (χ3n) is 4.55. The third-order valence-corrected chi connectivity index (χ3v) is 4.55. The topological polar surface area (TPSA) is 36.7 Å². The first-order valence-corrected chi connectivity index (χ1v) is 7.33. The summed E-state index contributed by atoms with van der Waals surface area (Å²) in [7, 11) is 0. The Balaban J connectivity index is 1.65. The molecule has 0 aliphatic carbocycles. The second-order valence-electron chi connectivity index (χ2n) is 5.72. The maximum absolute atomic E-state index is 12.7. The molecule has 0 N–H and O–H groups in total.